The van der Waals surface area contributed by atoms with Crippen molar-refractivity contribution in [3.63, 3.8) is 0 Å². The third kappa shape index (κ3) is 4.71. The van der Waals surface area contributed by atoms with Gasteiger partial charge < -0.3 is 20.5 Å². The first kappa shape index (κ1) is 16.8. The number of hydrogen-bond acceptors (Lipinski definition) is 3. The Balaban J connectivity index is 1.86. The molecule has 1 aromatic carbocycles. The molecule has 0 aliphatic carbocycles. The highest BCUT2D eigenvalue weighted by molar-refractivity contribution is 5.74. The second-order valence-corrected chi connectivity index (χ2v) is 6.14. The van der Waals surface area contributed by atoms with E-state index in [0.29, 0.717) is 6.61 Å². The molecule has 1 saturated heterocycles. The Labute approximate surface area is 132 Å². The fourth-order valence-corrected chi connectivity index (χ4v) is 2.65. The van der Waals surface area contributed by atoms with Gasteiger partial charge in [0.1, 0.15) is 0 Å². The standard InChI is InChI=1S/C17H26N2O3/c1-12(2)15(11-20)19-17(21)18-14-8-9-22-16(10-14)13-6-4-3-5-7-13/h3-7,12,14-16,20H,8-11H2,1-2H3,(H2,18,19,21)/t14-,15+,16-/m0/s1. The van der Waals surface area contributed by atoms with Gasteiger partial charge in [-0.25, -0.2) is 4.79 Å². The van der Waals surface area contributed by atoms with E-state index in [4.69, 9.17) is 4.74 Å². The second kappa shape index (κ2) is 8.15. The Bertz CT molecular complexity index is 464. The van der Waals surface area contributed by atoms with Gasteiger partial charge in [0.25, 0.3) is 0 Å². The van der Waals surface area contributed by atoms with E-state index in [1.807, 2.05) is 44.2 Å². The van der Waals surface area contributed by atoms with Crippen LogP contribution < -0.4 is 10.6 Å². The van der Waals surface area contributed by atoms with Gasteiger partial charge in [-0.15, -0.1) is 0 Å². The van der Waals surface area contributed by atoms with E-state index in [1.165, 1.54) is 0 Å². The Kier molecular flexibility index (Phi) is 6.21. The van der Waals surface area contributed by atoms with Crippen molar-refractivity contribution >= 4 is 6.03 Å². The van der Waals surface area contributed by atoms with Gasteiger partial charge in [0.05, 0.1) is 18.8 Å². The molecule has 3 atom stereocenters. The predicted octanol–water partition coefficient (Wildman–Crippen LogP) is 2.22. The van der Waals surface area contributed by atoms with Crippen molar-refractivity contribution in [3.05, 3.63) is 35.9 Å². The van der Waals surface area contributed by atoms with Crippen LogP contribution in [-0.4, -0.2) is 36.4 Å². The first-order valence-corrected chi connectivity index (χ1v) is 7.94. The Morgan fingerprint density at radius 2 is 2.09 bits per heavy atom. The van der Waals surface area contributed by atoms with Crippen molar-refractivity contribution in [2.45, 2.75) is 44.9 Å². The van der Waals surface area contributed by atoms with E-state index < -0.39 is 0 Å². The molecule has 2 amide bonds. The fraction of sp³-hybridized carbons (Fsp3) is 0.588. The van der Waals surface area contributed by atoms with Crippen LogP contribution in [0.2, 0.25) is 0 Å². The maximum Gasteiger partial charge on any atom is 0.315 e. The van der Waals surface area contributed by atoms with E-state index >= 15 is 0 Å². The summed E-state index contributed by atoms with van der Waals surface area (Å²) in [6, 6.07) is 9.73. The van der Waals surface area contributed by atoms with Gasteiger partial charge in [0.2, 0.25) is 0 Å². The molecule has 1 aromatic rings. The fourth-order valence-electron chi connectivity index (χ4n) is 2.65. The average molecular weight is 306 g/mol. The molecule has 22 heavy (non-hydrogen) atoms. The summed E-state index contributed by atoms with van der Waals surface area (Å²) < 4.78 is 5.80. The molecule has 0 spiro atoms. The first-order chi connectivity index (χ1) is 10.6. The monoisotopic (exact) mass is 306 g/mol. The molecule has 0 unspecified atom stereocenters. The van der Waals surface area contributed by atoms with Gasteiger partial charge in [-0.05, 0) is 24.3 Å². The highest BCUT2D eigenvalue weighted by Gasteiger charge is 2.25. The van der Waals surface area contributed by atoms with Gasteiger partial charge in [-0.2, -0.15) is 0 Å². The third-order valence-corrected chi connectivity index (χ3v) is 4.11. The maximum atomic E-state index is 12.1. The van der Waals surface area contributed by atoms with Crippen molar-refractivity contribution in [1.82, 2.24) is 10.6 Å². The number of hydrogen-bond donors (Lipinski definition) is 3. The van der Waals surface area contributed by atoms with Crippen LogP contribution >= 0.6 is 0 Å². The first-order valence-electron chi connectivity index (χ1n) is 7.94. The molecule has 0 bridgehead atoms. The molecular formula is C17H26N2O3. The molecule has 1 heterocycles. The van der Waals surface area contributed by atoms with Crippen LogP contribution in [0.5, 0.6) is 0 Å². The summed E-state index contributed by atoms with van der Waals surface area (Å²) in [6.45, 7) is 4.53. The molecule has 0 saturated carbocycles. The smallest absolute Gasteiger partial charge is 0.315 e. The number of carbonyl (C=O) groups excluding carboxylic acids is 1. The third-order valence-electron chi connectivity index (χ3n) is 4.11. The number of amides is 2. The molecule has 3 N–H and O–H groups in total. The lowest BCUT2D eigenvalue weighted by Crippen LogP contribution is -2.50. The normalized spacial score (nSPS) is 23.1. The number of carbonyl (C=O) groups is 1. The molecular weight excluding hydrogens is 280 g/mol. The number of urea groups is 1. The van der Waals surface area contributed by atoms with Gasteiger partial charge in [-0.3, -0.25) is 0 Å². The Morgan fingerprint density at radius 1 is 1.36 bits per heavy atom. The molecule has 5 heteroatoms. The van der Waals surface area contributed by atoms with Crippen LogP contribution in [-0.2, 0) is 4.74 Å². The Hall–Kier alpha value is -1.59. The number of aliphatic hydroxyl groups excluding tert-OH is 1. The van der Waals surface area contributed by atoms with Gasteiger partial charge in [-0.1, -0.05) is 44.2 Å². The molecule has 122 valence electrons. The highest BCUT2D eigenvalue weighted by atomic mass is 16.5. The van der Waals surface area contributed by atoms with E-state index in [0.717, 1.165) is 18.4 Å². The van der Waals surface area contributed by atoms with Gasteiger partial charge in [0.15, 0.2) is 0 Å². The number of aliphatic hydroxyl groups is 1. The highest BCUT2D eigenvalue weighted by Crippen LogP contribution is 2.27. The quantitative estimate of drug-likeness (QED) is 0.781. The van der Waals surface area contributed by atoms with Crippen molar-refractivity contribution < 1.29 is 14.6 Å². The molecule has 1 aliphatic rings. The van der Waals surface area contributed by atoms with Crippen LogP contribution in [0.4, 0.5) is 4.79 Å². The van der Waals surface area contributed by atoms with Gasteiger partial charge >= 0.3 is 6.03 Å². The van der Waals surface area contributed by atoms with Crippen LogP contribution in [0.1, 0.15) is 38.4 Å². The summed E-state index contributed by atoms with van der Waals surface area (Å²) in [6.07, 6.45) is 1.60. The lowest BCUT2D eigenvalue weighted by molar-refractivity contribution is 0.00212. The number of nitrogens with one attached hydrogen (secondary N) is 2. The molecule has 5 nitrogen and oxygen atoms in total. The van der Waals surface area contributed by atoms with Gasteiger partial charge in [0, 0.05) is 12.6 Å². The minimum Gasteiger partial charge on any atom is -0.394 e. The molecule has 1 fully saturated rings. The largest absolute Gasteiger partial charge is 0.394 e. The summed E-state index contributed by atoms with van der Waals surface area (Å²) >= 11 is 0. The van der Waals surface area contributed by atoms with E-state index in [-0.39, 0.29) is 36.7 Å². The van der Waals surface area contributed by atoms with Crippen molar-refractivity contribution in [1.29, 1.82) is 0 Å². The summed E-state index contributed by atoms with van der Waals surface area (Å²) in [7, 11) is 0. The summed E-state index contributed by atoms with van der Waals surface area (Å²) in [5, 5.41) is 15.1. The number of benzene rings is 1. The maximum absolute atomic E-state index is 12.1. The molecule has 1 aliphatic heterocycles. The molecule has 0 radical (unpaired) electrons. The van der Waals surface area contributed by atoms with Crippen molar-refractivity contribution in [2.75, 3.05) is 13.2 Å². The minimum atomic E-state index is -0.218. The van der Waals surface area contributed by atoms with Crippen molar-refractivity contribution in [3.8, 4) is 0 Å². The van der Waals surface area contributed by atoms with E-state index in [9.17, 15) is 9.90 Å². The molecule has 0 aromatic heterocycles. The molecule has 2 rings (SSSR count). The second-order valence-electron chi connectivity index (χ2n) is 6.14. The summed E-state index contributed by atoms with van der Waals surface area (Å²) in [4.78, 5) is 12.1. The number of rotatable bonds is 5. The lowest BCUT2D eigenvalue weighted by atomic mass is 9.97. The van der Waals surface area contributed by atoms with Crippen molar-refractivity contribution in [2.24, 2.45) is 5.92 Å². The SMILES string of the molecule is CC(C)[C@@H](CO)NC(=O)N[C@H]1CCO[C@H](c2ccccc2)C1. The minimum absolute atomic E-state index is 0.0268. The zero-order valence-electron chi connectivity index (χ0n) is 13.3. The van der Waals surface area contributed by atoms with Crippen LogP contribution in [0.15, 0.2) is 30.3 Å². The topological polar surface area (TPSA) is 70.6 Å². The number of ether oxygens (including phenoxy) is 1. The van der Waals surface area contributed by atoms with E-state index in [1.54, 1.807) is 0 Å². The average Bonchev–Trinajstić information content (AvgIpc) is 2.53. The van der Waals surface area contributed by atoms with Crippen LogP contribution in [0, 0.1) is 5.92 Å². The van der Waals surface area contributed by atoms with Crippen LogP contribution in [0.3, 0.4) is 0 Å². The zero-order chi connectivity index (χ0) is 15.9. The zero-order valence-corrected chi connectivity index (χ0v) is 13.3. The predicted molar refractivity (Wildman–Crippen MR) is 85.5 cm³/mol. The van der Waals surface area contributed by atoms with E-state index in [2.05, 4.69) is 10.6 Å². The van der Waals surface area contributed by atoms with Crippen LogP contribution in [0.25, 0.3) is 0 Å². The Morgan fingerprint density at radius 3 is 2.73 bits per heavy atom. The summed E-state index contributed by atoms with van der Waals surface area (Å²) in [5.41, 5.74) is 1.14. The summed E-state index contributed by atoms with van der Waals surface area (Å²) in [5.74, 6) is 0.197. The lowest BCUT2D eigenvalue weighted by Gasteiger charge is -2.31.